The van der Waals surface area contributed by atoms with Crippen molar-refractivity contribution in [3.63, 3.8) is 0 Å². The second kappa shape index (κ2) is 5.09. The molecule has 0 aliphatic heterocycles. The first-order valence-corrected chi connectivity index (χ1v) is 6.16. The Kier molecular flexibility index (Phi) is 4.03. The van der Waals surface area contributed by atoms with E-state index in [0.29, 0.717) is 12.7 Å². The van der Waals surface area contributed by atoms with Crippen LogP contribution in [0.4, 0.5) is 0 Å². The first-order valence-electron chi connectivity index (χ1n) is 4.68. The lowest BCUT2D eigenvalue weighted by atomic mass is 10.3. The maximum atomic E-state index is 11.7. The largest absolute Gasteiger partial charge is 0.440 e. The fraction of sp³-hybridized carbons (Fsp3) is 0.300. The van der Waals surface area contributed by atoms with Crippen LogP contribution in [-0.2, 0) is 10.0 Å². The van der Waals surface area contributed by atoms with Crippen LogP contribution >= 0.6 is 0 Å². The number of hydrogen-bond acceptors (Lipinski definition) is 4. The van der Waals surface area contributed by atoms with E-state index in [0.717, 1.165) is 0 Å². The highest BCUT2D eigenvalue weighted by Crippen LogP contribution is 2.13. The lowest BCUT2D eigenvalue weighted by molar-refractivity contribution is 0.109. The summed E-state index contributed by atoms with van der Waals surface area (Å²) in [5.74, 6) is -0.0169. The van der Waals surface area contributed by atoms with Crippen LogP contribution in [0, 0.1) is 0 Å². The molecule has 0 bridgehead atoms. The summed E-state index contributed by atoms with van der Waals surface area (Å²) >= 11 is 0. The molecule has 1 aromatic heterocycles. The molecule has 0 radical (unpaired) electrons. The van der Waals surface area contributed by atoms with Crippen molar-refractivity contribution in [3.05, 3.63) is 30.5 Å². The molecule has 16 heavy (non-hydrogen) atoms. The van der Waals surface area contributed by atoms with Gasteiger partial charge in [0, 0.05) is 6.04 Å². The Morgan fingerprint density at radius 3 is 2.75 bits per heavy atom. The average Bonchev–Trinajstić information content (AvgIpc) is 2.65. The van der Waals surface area contributed by atoms with Crippen molar-refractivity contribution < 1.29 is 17.6 Å². The van der Waals surface area contributed by atoms with Gasteiger partial charge in [-0.25, -0.2) is 13.1 Å². The van der Waals surface area contributed by atoms with Gasteiger partial charge in [0.15, 0.2) is 12.0 Å². The van der Waals surface area contributed by atoms with E-state index in [2.05, 4.69) is 11.3 Å². The molecule has 0 aliphatic rings. The van der Waals surface area contributed by atoms with E-state index < -0.39 is 10.0 Å². The Hall–Kier alpha value is -1.40. The highest BCUT2D eigenvalue weighted by molar-refractivity contribution is 7.89. The van der Waals surface area contributed by atoms with E-state index in [4.69, 9.17) is 4.42 Å². The predicted molar refractivity (Wildman–Crippen MR) is 58.7 cm³/mol. The summed E-state index contributed by atoms with van der Waals surface area (Å²) in [6, 6.07) is 2.28. The van der Waals surface area contributed by atoms with Gasteiger partial charge >= 0.3 is 0 Å². The van der Waals surface area contributed by atoms with Crippen molar-refractivity contribution in [2.75, 3.05) is 0 Å². The first-order chi connectivity index (χ1) is 7.49. The topological polar surface area (TPSA) is 76.4 Å². The van der Waals surface area contributed by atoms with Crippen LogP contribution in [0.25, 0.3) is 0 Å². The van der Waals surface area contributed by atoms with Crippen molar-refractivity contribution in [3.8, 4) is 0 Å². The molecule has 1 heterocycles. The summed E-state index contributed by atoms with van der Waals surface area (Å²) in [5.41, 5.74) is 0. The summed E-state index contributed by atoms with van der Waals surface area (Å²) in [5, 5.41) is -0.259. The van der Waals surface area contributed by atoms with E-state index in [1.54, 1.807) is 13.0 Å². The maximum absolute atomic E-state index is 11.7. The molecule has 0 aromatic carbocycles. The molecule has 1 rings (SSSR count). The fourth-order valence-electron chi connectivity index (χ4n) is 1.16. The normalized spacial score (nSPS) is 13.3. The Bertz CT molecular complexity index is 475. The predicted octanol–water partition coefficient (Wildman–Crippen LogP) is 1.33. The molecule has 6 heteroatoms. The van der Waals surface area contributed by atoms with E-state index >= 15 is 0 Å². The molecule has 5 nitrogen and oxygen atoms in total. The Labute approximate surface area is 94.2 Å². The van der Waals surface area contributed by atoms with Gasteiger partial charge < -0.3 is 4.42 Å². The standard InChI is InChI=1S/C10H13NO4S/c1-3-4-8(2)11-16(13,14)10-6-5-9(7-12)15-10/h3,5-8,11H,1,4H2,2H3. The highest BCUT2D eigenvalue weighted by Gasteiger charge is 2.20. The monoisotopic (exact) mass is 243 g/mol. The van der Waals surface area contributed by atoms with Crippen LogP contribution < -0.4 is 4.72 Å². The van der Waals surface area contributed by atoms with E-state index in [-0.39, 0.29) is 16.9 Å². The van der Waals surface area contributed by atoms with Crippen LogP contribution in [0.2, 0.25) is 0 Å². The molecule has 0 aliphatic carbocycles. The van der Waals surface area contributed by atoms with Gasteiger partial charge in [-0.3, -0.25) is 4.79 Å². The molecule has 0 spiro atoms. The third kappa shape index (κ3) is 3.04. The number of hydrogen-bond donors (Lipinski definition) is 1. The lowest BCUT2D eigenvalue weighted by Crippen LogP contribution is -2.31. The molecule has 1 N–H and O–H groups in total. The Morgan fingerprint density at radius 1 is 1.56 bits per heavy atom. The van der Waals surface area contributed by atoms with Crippen molar-refractivity contribution in [2.24, 2.45) is 0 Å². The van der Waals surface area contributed by atoms with Crippen LogP contribution in [0.15, 0.2) is 34.3 Å². The number of carbonyl (C=O) groups is 1. The minimum absolute atomic E-state index is 0.0169. The molecule has 0 saturated heterocycles. The lowest BCUT2D eigenvalue weighted by Gasteiger charge is -2.09. The summed E-state index contributed by atoms with van der Waals surface area (Å²) in [6.07, 6.45) is 2.58. The molecule has 0 amide bonds. The zero-order valence-corrected chi connectivity index (χ0v) is 9.66. The van der Waals surface area contributed by atoms with Gasteiger partial charge in [-0.2, -0.15) is 0 Å². The molecule has 0 fully saturated rings. The van der Waals surface area contributed by atoms with E-state index in [1.165, 1.54) is 12.1 Å². The number of furan rings is 1. The Balaban J connectivity index is 2.85. The third-order valence-electron chi connectivity index (χ3n) is 1.86. The zero-order valence-electron chi connectivity index (χ0n) is 8.84. The van der Waals surface area contributed by atoms with Crippen LogP contribution in [0.3, 0.4) is 0 Å². The van der Waals surface area contributed by atoms with Gasteiger partial charge in [-0.05, 0) is 25.5 Å². The number of nitrogens with one attached hydrogen (secondary N) is 1. The van der Waals surface area contributed by atoms with E-state index in [1.807, 2.05) is 0 Å². The second-order valence-electron chi connectivity index (χ2n) is 3.32. The number of sulfonamides is 1. The van der Waals surface area contributed by atoms with Gasteiger partial charge in [0.25, 0.3) is 10.0 Å². The smallest absolute Gasteiger partial charge is 0.274 e. The molecule has 1 aromatic rings. The average molecular weight is 243 g/mol. The Morgan fingerprint density at radius 2 is 2.25 bits per heavy atom. The van der Waals surface area contributed by atoms with Crippen molar-refractivity contribution in [1.82, 2.24) is 4.72 Å². The van der Waals surface area contributed by atoms with Crippen LogP contribution in [-0.4, -0.2) is 20.7 Å². The van der Waals surface area contributed by atoms with Gasteiger partial charge in [0.1, 0.15) is 0 Å². The summed E-state index contributed by atoms with van der Waals surface area (Å²) in [4.78, 5) is 10.3. The van der Waals surface area contributed by atoms with Crippen molar-refractivity contribution in [2.45, 2.75) is 24.5 Å². The minimum atomic E-state index is -3.69. The SMILES string of the molecule is C=CCC(C)NS(=O)(=O)c1ccc(C=O)o1. The van der Waals surface area contributed by atoms with Crippen molar-refractivity contribution >= 4 is 16.3 Å². The van der Waals surface area contributed by atoms with Gasteiger partial charge in [-0.1, -0.05) is 6.08 Å². The molecular formula is C10H13NO4S. The van der Waals surface area contributed by atoms with Crippen molar-refractivity contribution in [1.29, 1.82) is 0 Å². The third-order valence-corrected chi connectivity index (χ3v) is 3.32. The summed E-state index contributed by atoms with van der Waals surface area (Å²) in [7, 11) is -3.69. The summed E-state index contributed by atoms with van der Waals surface area (Å²) in [6.45, 7) is 5.23. The molecule has 1 unspecified atom stereocenters. The molecule has 88 valence electrons. The fourth-order valence-corrected chi connectivity index (χ4v) is 2.36. The summed E-state index contributed by atoms with van der Waals surface area (Å²) < 4.78 is 30.6. The van der Waals surface area contributed by atoms with E-state index in [9.17, 15) is 13.2 Å². The first kappa shape index (κ1) is 12.7. The number of rotatable bonds is 6. The van der Waals surface area contributed by atoms with Gasteiger partial charge in [-0.15, -0.1) is 6.58 Å². The van der Waals surface area contributed by atoms with Crippen LogP contribution in [0.1, 0.15) is 23.9 Å². The van der Waals surface area contributed by atoms with Crippen LogP contribution in [0.5, 0.6) is 0 Å². The highest BCUT2D eigenvalue weighted by atomic mass is 32.2. The molecule has 0 saturated carbocycles. The minimum Gasteiger partial charge on any atom is -0.440 e. The molecular weight excluding hydrogens is 230 g/mol. The maximum Gasteiger partial charge on any atom is 0.274 e. The zero-order chi connectivity index (χ0) is 12.2. The number of aldehydes is 1. The number of carbonyl (C=O) groups excluding carboxylic acids is 1. The van der Waals surface area contributed by atoms with Gasteiger partial charge in [0.05, 0.1) is 0 Å². The second-order valence-corrected chi connectivity index (χ2v) is 4.97. The molecule has 1 atom stereocenters. The van der Waals surface area contributed by atoms with Gasteiger partial charge in [0.2, 0.25) is 5.09 Å². The quantitative estimate of drug-likeness (QED) is 0.604.